The quantitative estimate of drug-likeness (QED) is 0.767. The van der Waals surface area contributed by atoms with Crippen molar-refractivity contribution >= 4 is 0 Å². The molecule has 0 aromatic carbocycles. The van der Waals surface area contributed by atoms with Crippen LogP contribution in [0.1, 0.15) is 58.8 Å². The minimum atomic E-state index is 0.589. The fraction of sp³-hybridized carbons (Fsp3) is 1.00. The Hall–Kier alpha value is -0.0800. The Morgan fingerprint density at radius 2 is 1.76 bits per heavy atom. The summed E-state index contributed by atoms with van der Waals surface area (Å²) in [7, 11) is 1.81. The molecule has 2 heteroatoms. The van der Waals surface area contributed by atoms with Gasteiger partial charge in [0.05, 0.1) is 0 Å². The molecule has 2 fully saturated rings. The molecule has 2 saturated carbocycles. The SMILES string of the molecule is COCCC1(CNC2CCC(C)(C)CC2)CC1. The molecule has 0 spiro atoms. The first kappa shape index (κ1) is 13.4. The van der Waals surface area contributed by atoms with Crippen molar-refractivity contribution in [1.82, 2.24) is 5.32 Å². The van der Waals surface area contributed by atoms with Gasteiger partial charge in [-0.3, -0.25) is 0 Å². The van der Waals surface area contributed by atoms with Crippen LogP contribution >= 0.6 is 0 Å². The summed E-state index contributed by atoms with van der Waals surface area (Å²) in [6.45, 7) is 6.97. The predicted molar refractivity (Wildman–Crippen MR) is 72.2 cm³/mol. The first-order chi connectivity index (χ1) is 8.05. The lowest BCUT2D eigenvalue weighted by Gasteiger charge is -2.35. The highest BCUT2D eigenvalue weighted by Crippen LogP contribution is 2.48. The minimum Gasteiger partial charge on any atom is -0.385 e. The van der Waals surface area contributed by atoms with Crippen molar-refractivity contribution in [3.63, 3.8) is 0 Å². The van der Waals surface area contributed by atoms with Crippen LogP contribution in [-0.2, 0) is 4.74 Å². The minimum absolute atomic E-state index is 0.589. The van der Waals surface area contributed by atoms with Gasteiger partial charge in [0.1, 0.15) is 0 Å². The van der Waals surface area contributed by atoms with Crippen LogP contribution in [0.25, 0.3) is 0 Å². The molecule has 2 nitrogen and oxygen atoms in total. The van der Waals surface area contributed by atoms with Gasteiger partial charge in [0.2, 0.25) is 0 Å². The number of nitrogens with one attached hydrogen (secondary N) is 1. The van der Waals surface area contributed by atoms with E-state index < -0.39 is 0 Å². The fourth-order valence-electron chi connectivity index (χ4n) is 2.97. The van der Waals surface area contributed by atoms with Crippen LogP contribution in [0.5, 0.6) is 0 Å². The summed E-state index contributed by atoms with van der Waals surface area (Å²) in [6.07, 6.45) is 9.56. The Morgan fingerprint density at radius 1 is 1.12 bits per heavy atom. The van der Waals surface area contributed by atoms with Crippen LogP contribution in [0.15, 0.2) is 0 Å². The third kappa shape index (κ3) is 3.96. The lowest BCUT2D eigenvalue weighted by atomic mass is 9.75. The second kappa shape index (κ2) is 5.27. The van der Waals surface area contributed by atoms with E-state index in [9.17, 15) is 0 Å². The first-order valence-corrected chi connectivity index (χ1v) is 7.28. The van der Waals surface area contributed by atoms with E-state index in [4.69, 9.17) is 4.74 Å². The first-order valence-electron chi connectivity index (χ1n) is 7.28. The van der Waals surface area contributed by atoms with E-state index in [2.05, 4.69) is 19.2 Å². The van der Waals surface area contributed by atoms with Gasteiger partial charge in [0.15, 0.2) is 0 Å². The molecule has 0 aromatic rings. The van der Waals surface area contributed by atoms with E-state index in [1.54, 1.807) is 0 Å². The maximum absolute atomic E-state index is 5.21. The lowest BCUT2D eigenvalue weighted by molar-refractivity contribution is 0.164. The van der Waals surface area contributed by atoms with Crippen molar-refractivity contribution in [2.24, 2.45) is 10.8 Å². The topological polar surface area (TPSA) is 21.3 Å². The van der Waals surface area contributed by atoms with E-state index in [0.717, 1.165) is 12.6 Å². The second-order valence-electron chi connectivity index (χ2n) is 7.06. The standard InChI is InChI=1S/C15H29NO/c1-14(2)6-4-13(5-7-14)16-12-15(8-9-15)10-11-17-3/h13,16H,4-12H2,1-3H3. The fourth-order valence-corrected chi connectivity index (χ4v) is 2.97. The molecular formula is C15H29NO. The summed E-state index contributed by atoms with van der Waals surface area (Å²) < 4.78 is 5.21. The van der Waals surface area contributed by atoms with Gasteiger partial charge < -0.3 is 10.1 Å². The van der Waals surface area contributed by atoms with E-state index in [-0.39, 0.29) is 0 Å². The Morgan fingerprint density at radius 3 is 2.29 bits per heavy atom. The highest BCUT2D eigenvalue weighted by molar-refractivity contribution is 4.96. The Balaban J connectivity index is 1.66. The van der Waals surface area contributed by atoms with Crippen molar-refractivity contribution in [2.45, 2.75) is 64.8 Å². The zero-order valence-electron chi connectivity index (χ0n) is 11.8. The van der Waals surface area contributed by atoms with Crippen molar-refractivity contribution < 1.29 is 4.74 Å². The number of hydrogen-bond donors (Lipinski definition) is 1. The molecule has 0 bridgehead atoms. The third-order valence-electron chi connectivity index (χ3n) is 4.90. The van der Waals surface area contributed by atoms with E-state index in [1.165, 1.54) is 51.5 Å². The maximum Gasteiger partial charge on any atom is 0.0468 e. The zero-order chi connectivity index (χ0) is 12.4. The molecule has 0 heterocycles. The second-order valence-corrected chi connectivity index (χ2v) is 7.06. The van der Waals surface area contributed by atoms with Gasteiger partial charge in [0.25, 0.3) is 0 Å². The summed E-state index contributed by atoms with van der Waals surface area (Å²) in [6, 6.07) is 0.781. The molecule has 0 radical (unpaired) electrons. The molecule has 0 aliphatic heterocycles. The Bertz CT molecular complexity index is 235. The van der Waals surface area contributed by atoms with Gasteiger partial charge in [0, 0.05) is 26.3 Å². The molecular weight excluding hydrogens is 210 g/mol. The number of methoxy groups -OCH3 is 1. The highest BCUT2D eigenvalue weighted by atomic mass is 16.5. The summed E-state index contributed by atoms with van der Waals surface area (Å²) in [4.78, 5) is 0. The molecule has 17 heavy (non-hydrogen) atoms. The predicted octanol–water partition coefficient (Wildman–Crippen LogP) is 3.36. The molecule has 0 atom stereocenters. The molecule has 2 aliphatic carbocycles. The third-order valence-corrected chi connectivity index (χ3v) is 4.90. The van der Waals surface area contributed by atoms with Gasteiger partial charge in [-0.15, -0.1) is 0 Å². The number of ether oxygens (including phenoxy) is 1. The number of rotatable bonds is 6. The van der Waals surface area contributed by atoms with Gasteiger partial charge >= 0.3 is 0 Å². The molecule has 0 unspecified atom stereocenters. The van der Waals surface area contributed by atoms with E-state index in [0.29, 0.717) is 10.8 Å². The normalized spacial score (nSPS) is 27.0. The van der Waals surface area contributed by atoms with Gasteiger partial charge in [-0.2, -0.15) is 0 Å². The molecule has 0 amide bonds. The van der Waals surface area contributed by atoms with Gasteiger partial charge in [-0.1, -0.05) is 13.8 Å². The van der Waals surface area contributed by atoms with Crippen molar-refractivity contribution in [2.75, 3.05) is 20.3 Å². The van der Waals surface area contributed by atoms with Crippen LogP contribution in [0.2, 0.25) is 0 Å². The molecule has 0 aromatic heterocycles. The Labute approximate surface area is 107 Å². The maximum atomic E-state index is 5.21. The molecule has 1 N–H and O–H groups in total. The average Bonchev–Trinajstić information content (AvgIpc) is 3.06. The summed E-state index contributed by atoms with van der Waals surface area (Å²) in [5.74, 6) is 0. The van der Waals surface area contributed by atoms with Crippen molar-refractivity contribution in [3.8, 4) is 0 Å². The van der Waals surface area contributed by atoms with E-state index >= 15 is 0 Å². The van der Waals surface area contributed by atoms with Crippen molar-refractivity contribution in [1.29, 1.82) is 0 Å². The van der Waals surface area contributed by atoms with Gasteiger partial charge in [-0.25, -0.2) is 0 Å². The largest absolute Gasteiger partial charge is 0.385 e. The number of hydrogen-bond acceptors (Lipinski definition) is 2. The van der Waals surface area contributed by atoms with Crippen molar-refractivity contribution in [3.05, 3.63) is 0 Å². The summed E-state index contributed by atoms with van der Waals surface area (Å²) in [5, 5.41) is 3.82. The molecule has 2 rings (SSSR count). The Kier molecular flexibility index (Phi) is 4.14. The van der Waals surface area contributed by atoms with Crippen LogP contribution in [-0.4, -0.2) is 26.3 Å². The van der Waals surface area contributed by atoms with Crippen LogP contribution in [0.3, 0.4) is 0 Å². The van der Waals surface area contributed by atoms with Crippen LogP contribution in [0, 0.1) is 10.8 Å². The molecule has 0 saturated heterocycles. The summed E-state index contributed by atoms with van der Waals surface area (Å²) >= 11 is 0. The van der Waals surface area contributed by atoms with Gasteiger partial charge in [-0.05, 0) is 55.8 Å². The molecule has 2 aliphatic rings. The smallest absolute Gasteiger partial charge is 0.0468 e. The van der Waals surface area contributed by atoms with E-state index in [1.807, 2.05) is 7.11 Å². The summed E-state index contributed by atoms with van der Waals surface area (Å²) in [5.41, 5.74) is 1.19. The zero-order valence-corrected chi connectivity index (χ0v) is 11.8. The molecule has 100 valence electrons. The average molecular weight is 239 g/mol. The van der Waals surface area contributed by atoms with Crippen LogP contribution < -0.4 is 5.32 Å². The lowest BCUT2D eigenvalue weighted by Crippen LogP contribution is -2.38. The monoisotopic (exact) mass is 239 g/mol. The van der Waals surface area contributed by atoms with Crippen LogP contribution in [0.4, 0.5) is 0 Å². The highest BCUT2D eigenvalue weighted by Gasteiger charge is 2.42.